The van der Waals surface area contributed by atoms with Gasteiger partial charge >= 0.3 is 5.97 Å². The van der Waals surface area contributed by atoms with Gasteiger partial charge in [-0.25, -0.2) is 9.18 Å². The molecule has 0 unspecified atom stereocenters. The largest absolute Gasteiger partial charge is 0.478 e. The van der Waals surface area contributed by atoms with Crippen molar-refractivity contribution in [1.82, 2.24) is 10.2 Å². The van der Waals surface area contributed by atoms with E-state index in [-0.39, 0.29) is 17.0 Å². The van der Waals surface area contributed by atoms with Gasteiger partial charge < -0.3 is 15.7 Å². The van der Waals surface area contributed by atoms with E-state index in [0.717, 1.165) is 31.2 Å². The molecule has 10 heteroatoms. The minimum atomic E-state index is -1.24. The van der Waals surface area contributed by atoms with Crippen molar-refractivity contribution in [2.75, 3.05) is 22.9 Å². The molecule has 2 aromatic rings. The van der Waals surface area contributed by atoms with Crippen LogP contribution in [0.5, 0.6) is 0 Å². The number of hydrogen-bond acceptors (Lipinski definition) is 7. The Labute approximate surface area is 145 Å². The number of amides is 1. The molecule has 0 saturated carbocycles. The summed E-state index contributed by atoms with van der Waals surface area (Å²) in [6.07, 6.45) is 0.962. The van der Waals surface area contributed by atoms with Crippen molar-refractivity contribution in [1.29, 1.82) is 0 Å². The van der Waals surface area contributed by atoms with Crippen LogP contribution in [0.3, 0.4) is 0 Å². The van der Waals surface area contributed by atoms with E-state index in [9.17, 15) is 14.0 Å². The van der Waals surface area contributed by atoms with Crippen LogP contribution in [0.15, 0.2) is 22.5 Å². The summed E-state index contributed by atoms with van der Waals surface area (Å²) in [5, 5.41) is 23.1. The van der Waals surface area contributed by atoms with Gasteiger partial charge in [-0.05, 0) is 24.6 Å². The topological polar surface area (TPSA) is 104 Å². The summed E-state index contributed by atoms with van der Waals surface area (Å²) in [7, 11) is 0. The first-order valence-electron chi connectivity index (χ1n) is 7.02. The third kappa shape index (κ3) is 5.17. The van der Waals surface area contributed by atoms with Gasteiger partial charge in [0.15, 0.2) is 4.34 Å². The van der Waals surface area contributed by atoms with Crippen molar-refractivity contribution in [3.05, 3.63) is 29.6 Å². The van der Waals surface area contributed by atoms with Gasteiger partial charge in [-0.15, -0.1) is 10.2 Å². The van der Waals surface area contributed by atoms with Crippen molar-refractivity contribution in [2.45, 2.75) is 17.7 Å². The fourth-order valence-corrected chi connectivity index (χ4v) is 3.27. The molecular formula is C14H15FN4O3S2. The van der Waals surface area contributed by atoms with Crippen molar-refractivity contribution in [2.24, 2.45) is 0 Å². The van der Waals surface area contributed by atoms with Gasteiger partial charge in [0.1, 0.15) is 5.82 Å². The predicted octanol–water partition coefficient (Wildman–Crippen LogP) is 2.93. The Hall–Kier alpha value is -2.20. The Morgan fingerprint density at radius 3 is 2.88 bits per heavy atom. The molecule has 1 amide bonds. The number of aromatic carboxylic acids is 1. The van der Waals surface area contributed by atoms with Crippen LogP contribution in [0.4, 0.5) is 15.2 Å². The van der Waals surface area contributed by atoms with Crippen LogP contribution in [-0.4, -0.2) is 39.5 Å². The number of carbonyl (C=O) groups is 2. The minimum Gasteiger partial charge on any atom is -0.478 e. The van der Waals surface area contributed by atoms with Crippen LogP contribution in [0.25, 0.3) is 0 Å². The second kappa shape index (κ2) is 8.60. The van der Waals surface area contributed by atoms with Crippen LogP contribution in [0.1, 0.15) is 23.7 Å². The maximum absolute atomic E-state index is 13.2. The Balaban J connectivity index is 1.93. The van der Waals surface area contributed by atoms with E-state index in [2.05, 4.69) is 20.8 Å². The molecule has 3 N–H and O–H groups in total. The first kappa shape index (κ1) is 18.1. The fraction of sp³-hybridized carbons (Fsp3) is 0.286. The maximum atomic E-state index is 13.2. The Morgan fingerprint density at radius 2 is 2.17 bits per heavy atom. The highest BCUT2D eigenvalue weighted by Crippen LogP contribution is 2.26. The van der Waals surface area contributed by atoms with Crippen LogP contribution in [-0.2, 0) is 4.79 Å². The Bertz CT molecular complexity index is 739. The van der Waals surface area contributed by atoms with E-state index in [0.29, 0.717) is 9.47 Å². The van der Waals surface area contributed by atoms with Gasteiger partial charge in [0.25, 0.3) is 0 Å². The summed E-state index contributed by atoms with van der Waals surface area (Å²) in [5.41, 5.74) is -0.243. The van der Waals surface area contributed by atoms with E-state index >= 15 is 0 Å². The van der Waals surface area contributed by atoms with E-state index in [4.69, 9.17) is 5.11 Å². The highest BCUT2D eigenvalue weighted by molar-refractivity contribution is 8.01. The van der Waals surface area contributed by atoms with Gasteiger partial charge in [0.2, 0.25) is 11.0 Å². The third-order valence-corrected chi connectivity index (χ3v) is 4.76. The molecule has 0 aliphatic carbocycles. The van der Waals surface area contributed by atoms with Crippen molar-refractivity contribution < 1.29 is 19.1 Å². The molecule has 0 aliphatic rings. The maximum Gasteiger partial charge on any atom is 0.337 e. The normalized spacial score (nSPS) is 10.4. The zero-order chi connectivity index (χ0) is 17.5. The molecule has 1 aromatic heterocycles. The van der Waals surface area contributed by atoms with Crippen LogP contribution < -0.4 is 10.6 Å². The molecule has 0 radical (unpaired) electrons. The first-order valence-corrected chi connectivity index (χ1v) is 8.82. The quantitative estimate of drug-likeness (QED) is 0.614. The number of benzene rings is 1. The highest BCUT2D eigenvalue weighted by Gasteiger charge is 2.14. The second-order valence-corrected chi connectivity index (χ2v) is 6.83. The van der Waals surface area contributed by atoms with Crippen molar-refractivity contribution in [3.8, 4) is 0 Å². The smallest absolute Gasteiger partial charge is 0.337 e. The number of carboxylic acids is 1. The van der Waals surface area contributed by atoms with E-state index in [1.165, 1.54) is 23.1 Å². The van der Waals surface area contributed by atoms with Gasteiger partial charge in [-0.3, -0.25) is 4.79 Å². The molecule has 7 nitrogen and oxygen atoms in total. The number of hydrogen-bond donors (Lipinski definition) is 3. The minimum absolute atomic E-state index is 0.0119. The zero-order valence-corrected chi connectivity index (χ0v) is 14.3. The molecule has 128 valence electrons. The third-order valence-electron chi connectivity index (χ3n) is 2.75. The van der Waals surface area contributed by atoms with Crippen molar-refractivity contribution in [3.63, 3.8) is 0 Å². The number of halogens is 1. The standard InChI is InChI=1S/C14H15FN4O3S2/c1-2-5-16-13-18-19-14(24-13)23-7-11(20)17-10-6-8(15)3-4-9(10)12(21)22/h3-4,6H,2,5,7H2,1H3,(H,16,18)(H,17,20)(H,21,22). The second-order valence-electron chi connectivity index (χ2n) is 4.63. The lowest BCUT2D eigenvalue weighted by molar-refractivity contribution is -0.113. The lowest BCUT2D eigenvalue weighted by atomic mass is 10.1. The number of nitrogens with zero attached hydrogens (tertiary/aromatic N) is 2. The molecule has 0 saturated heterocycles. The Kier molecular flexibility index (Phi) is 6.50. The zero-order valence-electron chi connectivity index (χ0n) is 12.7. The fourth-order valence-electron chi connectivity index (χ4n) is 1.69. The number of rotatable bonds is 8. The lowest BCUT2D eigenvalue weighted by Gasteiger charge is -2.07. The predicted molar refractivity (Wildman–Crippen MR) is 91.4 cm³/mol. The number of carboxylic acid groups (broad SMARTS) is 1. The molecule has 2 rings (SSSR count). The molecule has 0 fully saturated rings. The van der Waals surface area contributed by atoms with Crippen LogP contribution in [0, 0.1) is 5.82 Å². The summed E-state index contributed by atoms with van der Waals surface area (Å²) >= 11 is 2.50. The average molecular weight is 370 g/mol. The highest BCUT2D eigenvalue weighted by atomic mass is 32.2. The Morgan fingerprint density at radius 1 is 1.38 bits per heavy atom. The molecule has 0 aliphatic heterocycles. The van der Waals surface area contributed by atoms with Gasteiger partial charge in [-0.1, -0.05) is 30.0 Å². The summed E-state index contributed by atoms with van der Waals surface area (Å²) in [4.78, 5) is 23.0. The van der Waals surface area contributed by atoms with E-state index < -0.39 is 17.7 Å². The molecule has 0 bridgehead atoms. The molecule has 24 heavy (non-hydrogen) atoms. The summed E-state index contributed by atoms with van der Waals surface area (Å²) in [6.45, 7) is 2.82. The van der Waals surface area contributed by atoms with Crippen LogP contribution in [0.2, 0.25) is 0 Å². The number of carbonyl (C=O) groups excluding carboxylic acids is 1. The monoisotopic (exact) mass is 370 g/mol. The van der Waals surface area contributed by atoms with Crippen LogP contribution >= 0.6 is 23.1 Å². The molecule has 1 aromatic carbocycles. The molecule has 0 atom stereocenters. The number of aromatic nitrogens is 2. The number of anilines is 2. The number of nitrogens with one attached hydrogen (secondary N) is 2. The van der Waals surface area contributed by atoms with Gasteiger partial charge in [0, 0.05) is 6.54 Å². The van der Waals surface area contributed by atoms with Crippen molar-refractivity contribution >= 4 is 45.8 Å². The van der Waals surface area contributed by atoms with E-state index in [1.807, 2.05) is 6.92 Å². The summed E-state index contributed by atoms with van der Waals surface area (Å²) in [5.74, 6) is -2.31. The molecule has 1 heterocycles. The van der Waals surface area contributed by atoms with E-state index in [1.54, 1.807) is 0 Å². The first-order chi connectivity index (χ1) is 11.5. The number of thioether (sulfide) groups is 1. The van der Waals surface area contributed by atoms with Gasteiger partial charge in [0.05, 0.1) is 17.0 Å². The SMILES string of the molecule is CCCNc1nnc(SCC(=O)Nc2cc(F)ccc2C(=O)O)s1. The summed E-state index contributed by atoms with van der Waals surface area (Å²) < 4.78 is 13.9. The molecule has 0 spiro atoms. The van der Waals surface area contributed by atoms with Gasteiger partial charge in [-0.2, -0.15) is 0 Å². The lowest BCUT2D eigenvalue weighted by Crippen LogP contribution is -2.16. The molecular weight excluding hydrogens is 355 g/mol. The summed E-state index contributed by atoms with van der Waals surface area (Å²) in [6, 6.07) is 3.11. The average Bonchev–Trinajstić information content (AvgIpc) is 2.98.